The molecule has 0 atom stereocenters. The van der Waals surface area contributed by atoms with Crippen LogP contribution in [0.3, 0.4) is 0 Å². The first kappa shape index (κ1) is 14.3. The van der Waals surface area contributed by atoms with Crippen LogP contribution in [0, 0.1) is 5.92 Å². The number of carbonyl (C=O) groups excluding carboxylic acids is 1. The van der Waals surface area contributed by atoms with Crippen molar-refractivity contribution >= 4 is 29.1 Å². The third kappa shape index (κ3) is 4.68. The SMILES string of the molecule is O=C1CSC(=NN=Cc2ccc(COCC3CC3)cc2)N1. The zero-order chi connectivity index (χ0) is 14.5. The van der Waals surface area contributed by atoms with Crippen LogP contribution in [-0.4, -0.2) is 29.6 Å². The molecule has 6 heteroatoms. The molecule has 1 saturated heterocycles. The van der Waals surface area contributed by atoms with Crippen molar-refractivity contribution in [1.82, 2.24) is 5.32 Å². The van der Waals surface area contributed by atoms with Gasteiger partial charge in [0.25, 0.3) is 0 Å². The van der Waals surface area contributed by atoms with Gasteiger partial charge in [-0.3, -0.25) is 4.79 Å². The van der Waals surface area contributed by atoms with Gasteiger partial charge in [-0.1, -0.05) is 36.0 Å². The second-order valence-corrected chi connectivity index (χ2v) is 6.15. The van der Waals surface area contributed by atoms with Gasteiger partial charge < -0.3 is 10.1 Å². The van der Waals surface area contributed by atoms with E-state index in [1.54, 1.807) is 6.21 Å². The van der Waals surface area contributed by atoms with Gasteiger partial charge in [-0.25, -0.2) is 0 Å². The van der Waals surface area contributed by atoms with E-state index in [0.29, 0.717) is 17.5 Å². The van der Waals surface area contributed by atoms with Crippen LogP contribution in [-0.2, 0) is 16.1 Å². The number of amides is 1. The van der Waals surface area contributed by atoms with Crippen molar-refractivity contribution in [3.05, 3.63) is 35.4 Å². The van der Waals surface area contributed by atoms with Crippen LogP contribution >= 0.6 is 11.8 Å². The van der Waals surface area contributed by atoms with Gasteiger partial charge in [0.1, 0.15) is 0 Å². The highest BCUT2D eigenvalue weighted by Crippen LogP contribution is 2.29. The number of amidine groups is 1. The summed E-state index contributed by atoms with van der Waals surface area (Å²) in [7, 11) is 0. The van der Waals surface area contributed by atoms with Crippen LogP contribution in [0.4, 0.5) is 0 Å². The third-order valence-electron chi connectivity index (χ3n) is 3.24. The molecular formula is C15H17N3O2S. The smallest absolute Gasteiger partial charge is 0.236 e. The Morgan fingerprint density at radius 2 is 2.14 bits per heavy atom. The zero-order valence-corrected chi connectivity index (χ0v) is 12.4. The van der Waals surface area contributed by atoms with E-state index in [1.165, 1.54) is 24.6 Å². The second-order valence-electron chi connectivity index (χ2n) is 5.19. The lowest BCUT2D eigenvalue weighted by atomic mass is 10.1. The van der Waals surface area contributed by atoms with E-state index in [4.69, 9.17) is 4.74 Å². The molecule has 0 aromatic heterocycles. The quantitative estimate of drug-likeness (QED) is 0.647. The average Bonchev–Trinajstić information content (AvgIpc) is 3.22. The minimum Gasteiger partial charge on any atom is -0.376 e. The summed E-state index contributed by atoms with van der Waals surface area (Å²) in [6, 6.07) is 8.04. The van der Waals surface area contributed by atoms with Gasteiger partial charge in [-0.15, -0.1) is 5.10 Å². The summed E-state index contributed by atoms with van der Waals surface area (Å²) in [5.74, 6) is 1.19. The van der Waals surface area contributed by atoms with Gasteiger partial charge in [0.05, 0.1) is 18.6 Å². The Bertz CT molecular complexity index is 565. The van der Waals surface area contributed by atoms with Crippen molar-refractivity contribution in [3.63, 3.8) is 0 Å². The van der Waals surface area contributed by atoms with Crippen LogP contribution in [0.2, 0.25) is 0 Å². The predicted octanol–water partition coefficient (Wildman–Crippen LogP) is 2.17. The molecule has 0 radical (unpaired) electrons. The molecule has 0 unspecified atom stereocenters. The molecule has 1 saturated carbocycles. The minimum absolute atomic E-state index is 0.0236. The molecule has 2 fully saturated rings. The standard InChI is InChI=1S/C15H17N3O2S/c19-14-10-21-15(17-14)18-16-7-11-1-3-12(4-2-11)8-20-9-13-5-6-13/h1-4,7,13H,5-6,8-10H2,(H,17,18,19). The molecule has 1 amide bonds. The maximum atomic E-state index is 11.0. The normalized spacial score (nSPS) is 20.4. The van der Waals surface area contributed by atoms with Crippen molar-refractivity contribution in [2.75, 3.05) is 12.4 Å². The number of rotatable bonds is 6. The molecule has 0 bridgehead atoms. The topological polar surface area (TPSA) is 63.0 Å². The Morgan fingerprint density at radius 1 is 1.33 bits per heavy atom. The Morgan fingerprint density at radius 3 is 2.81 bits per heavy atom. The Kier molecular flexibility index (Phi) is 4.67. The van der Waals surface area contributed by atoms with Gasteiger partial charge in [-0.05, 0) is 29.9 Å². The van der Waals surface area contributed by atoms with Crippen LogP contribution in [0.15, 0.2) is 34.5 Å². The number of hydrogen-bond donors (Lipinski definition) is 1. The van der Waals surface area contributed by atoms with Crippen LogP contribution in [0.25, 0.3) is 0 Å². The first-order chi connectivity index (χ1) is 10.3. The first-order valence-electron chi connectivity index (χ1n) is 7.00. The van der Waals surface area contributed by atoms with Crippen LogP contribution < -0.4 is 5.32 Å². The fourth-order valence-corrected chi connectivity index (χ4v) is 2.49. The lowest BCUT2D eigenvalue weighted by Crippen LogP contribution is -2.19. The molecule has 110 valence electrons. The van der Waals surface area contributed by atoms with E-state index in [-0.39, 0.29) is 5.91 Å². The molecule has 1 aromatic rings. The third-order valence-corrected chi connectivity index (χ3v) is 4.10. The summed E-state index contributed by atoms with van der Waals surface area (Å²) >= 11 is 1.36. The molecule has 1 N–H and O–H groups in total. The first-order valence-corrected chi connectivity index (χ1v) is 7.98. The van der Waals surface area contributed by atoms with Gasteiger partial charge >= 0.3 is 0 Å². The highest BCUT2D eigenvalue weighted by Gasteiger charge is 2.20. The maximum absolute atomic E-state index is 11.0. The van der Waals surface area contributed by atoms with E-state index in [9.17, 15) is 4.79 Å². The number of nitrogens with zero attached hydrogens (tertiary/aromatic N) is 2. The summed E-state index contributed by atoms with van der Waals surface area (Å²) in [4.78, 5) is 11.0. The summed E-state index contributed by atoms with van der Waals surface area (Å²) < 4.78 is 5.64. The van der Waals surface area contributed by atoms with Crippen molar-refractivity contribution in [1.29, 1.82) is 0 Å². The van der Waals surface area contributed by atoms with Crippen LogP contribution in [0.1, 0.15) is 24.0 Å². The number of benzene rings is 1. The largest absolute Gasteiger partial charge is 0.376 e. The minimum atomic E-state index is -0.0236. The summed E-state index contributed by atoms with van der Waals surface area (Å²) in [6.45, 7) is 1.54. The summed E-state index contributed by atoms with van der Waals surface area (Å²) in [6.07, 6.45) is 4.31. The number of thioether (sulfide) groups is 1. The fraction of sp³-hybridized carbons (Fsp3) is 0.400. The maximum Gasteiger partial charge on any atom is 0.236 e. The molecule has 1 heterocycles. The van der Waals surface area contributed by atoms with E-state index in [2.05, 4.69) is 15.5 Å². The summed E-state index contributed by atoms with van der Waals surface area (Å²) in [5.41, 5.74) is 2.14. The fourth-order valence-electron chi connectivity index (χ4n) is 1.86. The average molecular weight is 303 g/mol. The highest BCUT2D eigenvalue weighted by atomic mass is 32.2. The molecule has 5 nitrogen and oxygen atoms in total. The van der Waals surface area contributed by atoms with Gasteiger partial charge in [-0.2, -0.15) is 5.10 Å². The molecule has 0 spiro atoms. The second kappa shape index (κ2) is 6.87. The molecule has 1 aromatic carbocycles. The van der Waals surface area contributed by atoms with Gasteiger partial charge in [0.2, 0.25) is 5.91 Å². The van der Waals surface area contributed by atoms with Crippen LogP contribution in [0.5, 0.6) is 0 Å². The van der Waals surface area contributed by atoms with Crippen molar-refractivity contribution < 1.29 is 9.53 Å². The lowest BCUT2D eigenvalue weighted by Gasteiger charge is -2.03. The van der Waals surface area contributed by atoms with E-state index in [1.807, 2.05) is 24.3 Å². The van der Waals surface area contributed by atoms with Crippen molar-refractivity contribution in [3.8, 4) is 0 Å². The summed E-state index contributed by atoms with van der Waals surface area (Å²) in [5, 5.41) is 11.1. The van der Waals surface area contributed by atoms with E-state index >= 15 is 0 Å². The number of hydrogen-bond acceptors (Lipinski definition) is 5. The molecular weight excluding hydrogens is 286 g/mol. The van der Waals surface area contributed by atoms with Crippen molar-refractivity contribution in [2.24, 2.45) is 16.1 Å². The number of nitrogens with one attached hydrogen (secondary N) is 1. The molecule has 2 aliphatic rings. The monoisotopic (exact) mass is 303 g/mol. The highest BCUT2D eigenvalue weighted by molar-refractivity contribution is 8.15. The number of ether oxygens (including phenoxy) is 1. The molecule has 21 heavy (non-hydrogen) atoms. The van der Waals surface area contributed by atoms with E-state index in [0.717, 1.165) is 23.7 Å². The molecule has 1 aliphatic carbocycles. The molecule has 3 rings (SSSR count). The van der Waals surface area contributed by atoms with Gasteiger partial charge in [0, 0.05) is 6.61 Å². The lowest BCUT2D eigenvalue weighted by molar-refractivity contribution is -0.116. The Hall–Kier alpha value is -1.66. The Balaban J connectivity index is 1.47. The Labute approximate surface area is 127 Å². The predicted molar refractivity (Wildman–Crippen MR) is 84.5 cm³/mol. The zero-order valence-electron chi connectivity index (χ0n) is 11.6. The van der Waals surface area contributed by atoms with Gasteiger partial charge in [0.15, 0.2) is 5.17 Å². The molecule has 1 aliphatic heterocycles. The number of carbonyl (C=O) groups is 1. The van der Waals surface area contributed by atoms with Crippen molar-refractivity contribution in [2.45, 2.75) is 19.4 Å². The van der Waals surface area contributed by atoms with E-state index < -0.39 is 0 Å².